The van der Waals surface area contributed by atoms with Gasteiger partial charge in [0.15, 0.2) is 11.6 Å². The Kier molecular flexibility index (Phi) is 9.12. The second-order valence-corrected chi connectivity index (χ2v) is 2.33. The molecule has 0 aliphatic rings. The molecule has 0 nitrogen and oxygen atoms in total. The van der Waals surface area contributed by atoms with Crippen LogP contribution in [0.5, 0.6) is 0 Å². The number of halogens is 2. The van der Waals surface area contributed by atoms with E-state index in [1.54, 1.807) is 19.1 Å². The molecule has 0 aliphatic heterocycles. The van der Waals surface area contributed by atoms with Gasteiger partial charge in [-0.05, 0) is 25.0 Å². The first-order valence-electron chi connectivity index (χ1n) is 3.75. The second-order valence-electron chi connectivity index (χ2n) is 2.33. The van der Waals surface area contributed by atoms with Crippen LogP contribution >= 0.6 is 0 Å². The van der Waals surface area contributed by atoms with Gasteiger partial charge in [-0.2, -0.15) is 6.92 Å². The molecule has 1 aromatic rings. The largest absolute Gasteiger partial charge is 0.346 e. The fourth-order valence-electron chi connectivity index (χ4n) is 0.743. The van der Waals surface area contributed by atoms with Gasteiger partial charge in [0.1, 0.15) is 0 Å². The third-order valence-corrected chi connectivity index (χ3v) is 1.47. The molecule has 0 unspecified atom stereocenters. The number of hydrogen-bond acceptors (Lipinski definition) is 0. The van der Waals surface area contributed by atoms with E-state index in [9.17, 15) is 8.78 Å². The predicted octanol–water partition coefficient (Wildman–Crippen LogP) is 3.42. The zero-order valence-electron chi connectivity index (χ0n) is 8.20. The molecule has 0 saturated carbocycles. The summed E-state index contributed by atoms with van der Waals surface area (Å²) in [6, 6.07) is 3.13. The first-order chi connectivity index (χ1) is 5.63. The Morgan fingerprint density at radius 2 is 1.15 bits per heavy atom. The van der Waals surface area contributed by atoms with Crippen LogP contribution in [0.2, 0.25) is 0 Å². The molecule has 0 amide bonds. The zero-order valence-corrected chi connectivity index (χ0v) is 11.0. The van der Waals surface area contributed by atoms with Crippen molar-refractivity contribution >= 4 is 0 Å². The summed E-state index contributed by atoms with van der Waals surface area (Å²) in [5, 5.41) is 0. The topological polar surface area (TPSA) is 0 Å². The average molecular weight is 260 g/mol. The summed E-state index contributed by atoms with van der Waals surface area (Å²) in [5.74, 6) is -1.47. The molecule has 13 heavy (non-hydrogen) atoms. The van der Waals surface area contributed by atoms with Crippen LogP contribution in [0.4, 0.5) is 8.78 Å². The van der Waals surface area contributed by atoms with E-state index in [1.165, 1.54) is 13.8 Å². The molecular weight excluding hydrogens is 247 g/mol. The number of aryl methyl sites for hydroxylation is 2. The Morgan fingerprint density at radius 1 is 0.923 bits per heavy atom. The van der Waals surface area contributed by atoms with Gasteiger partial charge in [0.25, 0.3) is 0 Å². The van der Waals surface area contributed by atoms with E-state index in [4.69, 9.17) is 0 Å². The van der Waals surface area contributed by atoms with E-state index in [0.717, 1.165) is 0 Å². The van der Waals surface area contributed by atoms with Gasteiger partial charge in [0.05, 0.1) is 0 Å². The van der Waals surface area contributed by atoms with Crippen molar-refractivity contribution in [1.82, 2.24) is 0 Å². The van der Waals surface area contributed by atoms with E-state index in [0.29, 0.717) is 11.1 Å². The third kappa shape index (κ3) is 4.28. The molecule has 0 spiro atoms. The molecular formula is C10H13F2Y-. The van der Waals surface area contributed by atoms with Crippen LogP contribution in [-0.2, 0) is 32.7 Å². The van der Waals surface area contributed by atoms with Gasteiger partial charge in [-0.1, -0.05) is 12.1 Å². The molecule has 0 fully saturated rings. The minimum atomic E-state index is -0.736. The van der Waals surface area contributed by atoms with Crippen molar-refractivity contribution in [2.24, 2.45) is 0 Å². The molecule has 1 aromatic carbocycles. The zero-order chi connectivity index (χ0) is 9.72. The SMILES string of the molecule is Cc1ccc(C)c(F)c1F.[CH2-]C.[Y]. The van der Waals surface area contributed by atoms with E-state index < -0.39 is 11.6 Å². The molecule has 0 heterocycles. The van der Waals surface area contributed by atoms with Gasteiger partial charge in [0, 0.05) is 32.7 Å². The van der Waals surface area contributed by atoms with E-state index in [1.807, 2.05) is 0 Å². The molecule has 0 aliphatic carbocycles. The maximum absolute atomic E-state index is 12.6. The van der Waals surface area contributed by atoms with Crippen molar-refractivity contribution in [3.8, 4) is 0 Å². The summed E-state index contributed by atoms with van der Waals surface area (Å²) in [7, 11) is 0. The van der Waals surface area contributed by atoms with Crippen LogP contribution in [0.15, 0.2) is 12.1 Å². The number of hydrogen-bond donors (Lipinski definition) is 0. The quantitative estimate of drug-likeness (QED) is 0.627. The van der Waals surface area contributed by atoms with Crippen molar-refractivity contribution in [3.63, 3.8) is 0 Å². The smallest absolute Gasteiger partial charge is 0.161 e. The Morgan fingerprint density at radius 3 is 1.38 bits per heavy atom. The molecule has 0 saturated heterocycles. The maximum Gasteiger partial charge on any atom is 0.161 e. The molecule has 0 aromatic heterocycles. The minimum Gasteiger partial charge on any atom is -0.346 e. The maximum atomic E-state index is 12.6. The monoisotopic (exact) mass is 260 g/mol. The Labute approximate surface area is 104 Å². The van der Waals surface area contributed by atoms with Crippen LogP contribution in [0.3, 0.4) is 0 Å². The fourth-order valence-corrected chi connectivity index (χ4v) is 0.743. The predicted molar refractivity (Wildman–Crippen MR) is 46.9 cm³/mol. The third-order valence-electron chi connectivity index (χ3n) is 1.47. The van der Waals surface area contributed by atoms with Crippen LogP contribution in [0.25, 0.3) is 0 Å². The normalized spacial score (nSPS) is 8.15. The molecule has 3 heteroatoms. The fraction of sp³-hybridized carbons (Fsp3) is 0.300. The minimum absolute atomic E-state index is 0. The summed E-state index contributed by atoms with van der Waals surface area (Å²) in [5.41, 5.74) is 0.700. The van der Waals surface area contributed by atoms with Crippen LogP contribution in [0, 0.1) is 32.4 Å². The molecule has 0 bridgehead atoms. The number of rotatable bonds is 0. The van der Waals surface area contributed by atoms with Crippen molar-refractivity contribution < 1.29 is 41.5 Å². The van der Waals surface area contributed by atoms with Gasteiger partial charge in [-0.15, -0.1) is 0 Å². The van der Waals surface area contributed by atoms with Crippen molar-refractivity contribution in [2.75, 3.05) is 0 Å². The van der Waals surface area contributed by atoms with Gasteiger partial charge >= 0.3 is 0 Å². The molecule has 71 valence electrons. The van der Waals surface area contributed by atoms with Gasteiger partial charge < -0.3 is 6.92 Å². The van der Waals surface area contributed by atoms with Crippen LogP contribution in [-0.4, -0.2) is 0 Å². The summed E-state index contributed by atoms with van der Waals surface area (Å²) in [6.45, 7) is 8.08. The summed E-state index contributed by atoms with van der Waals surface area (Å²) in [4.78, 5) is 0. The summed E-state index contributed by atoms with van der Waals surface area (Å²) >= 11 is 0. The first-order valence-corrected chi connectivity index (χ1v) is 3.75. The van der Waals surface area contributed by atoms with Crippen LogP contribution < -0.4 is 0 Å². The molecule has 0 atom stereocenters. The summed E-state index contributed by atoms with van der Waals surface area (Å²) < 4.78 is 25.2. The van der Waals surface area contributed by atoms with Gasteiger partial charge in [0.2, 0.25) is 0 Å². The van der Waals surface area contributed by atoms with E-state index in [2.05, 4.69) is 6.92 Å². The van der Waals surface area contributed by atoms with Crippen molar-refractivity contribution in [1.29, 1.82) is 0 Å². The Hall–Kier alpha value is 0.184. The molecule has 1 radical (unpaired) electrons. The van der Waals surface area contributed by atoms with Crippen LogP contribution in [0.1, 0.15) is 18.1 Å². The molecule has 0 N–H and O–H groups in total. The van der Waals surface area contributed by atoms with Gasteiger partial charge in [-0.3, -0.25) is 0 Å². The Bertz CT molecular complexity index is 232. The number of benzene rings is 1. The average Bonchev–Trinajstić information content (AvgIpc) is 2.12. The summed E-state index contributed by atoms with van der Waals surface area (Å²) in [6.07, 6.45) is 0. The standard InChI is InChI=1S/C8H8F2.C2H5.Y/c1-5-3-4-6(2)8(10)7(5)9;1-2;/h3-4H,1-2H3;1H2,2H3;/q;-1;. The van der Waals surface area contributed by atoms with Crippen molar-refractivity contribution in [3.05, 3.63) is 41.8 Å². The van der Waals surface area contributed by atoms with Crippen molar-refractivity contribution in [2.45, 2.75) is 20.8 Å². The van der Waals surface area contributed by atoms with E-state index >= 15 is 0 Å². The molecule has 1 rings (SSSR count). The van der Waals surface area contributed by atoms with E-state index in [-0.39, 0.29) is 32.7 Å². The van der Waals surface area contributed by atoms with Gasteiger partial charge in [-0.25, -0.2) is 8.78 Å². The Balaban J connectivity index is 0. The second kappa shape index (κ2) is 7.57. The first kappa shape index (κ1) is 15.6.